The number of nitrogens with zero attached hydrogens (tertiary/aromatic N) is 1. The van der Waals surface area contributed by atoms with Crippen LogP contribution < -0.4 is 10.5 Å². The van der Waals surface area contributed by atoms with Crippen LogP contribution in [0.15, 0.2) is 30.3 Å². The molecule has 0 radical (unpaired) electrons. The fourth-order valence-corrected chi connectivity index (χ4v) is 0.863. The lowest BCUT2D eigenvalue weighted by molar-refractivity contribution is 0.261. The van der Waals surface area contributed by atoms with E-state index in [9.17, 15) is 0 Å². The molecule has 86 valence electrons. The monoisotopic (exact) mass is 210 g/mol. The van der Waals surface area contributed by atoms with Crippen LogP contribution in [0.2, 0.25) is 0 Å². The van der Waals surface area contributed by atoms with Crippen molar-refractivity contribution in [2.45, 2.75) is 6.92 Å². The maximum absolute atomic E-state index is 5.48. The maximum atomic E-state index is 5.48. The van der Waals surface area contributed by atoms with Crippen LogP contribution in [0.25, 0.3) is 0 Å². The van der Waals surface area contributed by atoms with E-state index in [-0.39, 0.29) is 0 Å². The van der Waals surface area contributed by atoms with Gasteiger partial charge in [0, 0.05) is 6.54 Å². The van der Waals surface area contributed by atoms with Crippen LogP contribution in [0.5, 0.6) is 5.75 Å². The number of benzene rings is 1. The molecular formula is C12H22N2O. The van der Waals surface area contributed by atoms with E-state index < -0.39 is 0 Å². The van der Waals surface area contributed by atoms with E-state index in [1.54, 1.807) is 0 Å². The van der Waals surface area contributed by atoms with Gasteiger partial charge in [-0.1, -0.05) is 25.1 Å². The maximum Gasteiger partial charge on any atom is 0.119 e. The molecule has 0 saturated heterocycles. The van der Waals surface area contributed by atoms with Gasteiger partial charge in [-0.15, -0.1) is 0 Å². The highest BCUT2D eigenvalue weighted by Gasteiger charge is 1.91. The van der Waals surface area contributed by atoms with E-state index in [0.717, 1.165) is 25.4 Å². The zero-order chi connectivity index (χ0) is 11.5. The molecule has 0 aliphatic carbocycles. The number of ether oxygens (including phenoxy) is 1. The molecule has 3 nitrogen and oxygen atoms in total. The summed E-state index contributed by atoms with van der Waals surface area (Å²) in [6.45, 7) is 4.35. The molecule has 1 aromatic rings. The quantitative estimate of drug-likeness (QED) is 0.820. The number of hydrogen-bond acceptors (Lipinski definition) is 3. The molecule has 0 fully saturated rings. The van der Waals surface area contributed by atoms with Gasteiger partial charge in [0.1, 0.15) is 12.4 Å². The van der Waals surface area contributed by atoms with Gasteiger partial charge in [-0.3, -0.25) is 0 Å². The normalized spacial score (nSPS) is 9.40. The molecule has 0 bridgehead atoms. The molecule has 0 heterocycles. The molecular weight excluding hydrogens is 188 g/mol. The van der Waals surface area contributed by atoms with Crippen LogP contribution in [0.1, 0.15) is 6.92 Å². The fraction of sp³-hybridized carbons (Fsp3) is 0.500. The molecule has 1 rings (SSSR count). The second kappa shape index (κ2) is 9.49. The average Bonchev–Trinajstić information content (AvgIpc) is 2.20. The van der Waals surface area contributed by atoms with Crippen molar-refractivity contribution < 1.29 is 4.74 Å². The molecule has 0 saturated carbocycles. The topological polar surface area (TPSA) is 38.5 Å². The summed E-state index contributed by atoms with van der Waals surface area (Å²) in [5.74, 6) is 0.944. The second-order valence-corrected chi connectivity index (χ2v) is 3.37. The molecule has 0 aromatic heterocycles. The molecule has 0 aliphatic heterocycles. The van der Waals surface area contributed by atoms with Gasteiger partial charge in [-0.05, 0) is 32.8 Å². The largest absolute Gasteiger partial charge is 0.492 e. The van der Waals surface area contributed by atoms with E-state index in [1.165, 1.54) is 0 Å². The second-order valence-electron chi connectivity index (χ2n) is 3.37. The molecule has 0 spiro atoms. The van der Waals surface area contributed by atoms with Crippen molar-refractivity contribution in [1.82, 2.24) is 4.90 Å². The van der Waals surface area contributed by atoms with Gasteiger partial charge in [-0.2, -0.15) is 0 Å². The Morgan fingerprint density at radius 3 is 2.20 bits per heavy atom. The molecule has 1 aromatic carbocycles. The highest BCUT2D eigenvalue weighted by Crippen LogP contribution is 2.07. The van der Waals surface area contributed by atoms with Gasteiger partial charge in [0.15, 0.2) is 0 Å². The summed E-state index contributed by atoms with van der Waals surface area (Å²) < 4.78 is 5.48. The molecule has 3 heteroatoms. The van der Waals surface area contributed by atoms with Crippen molar-refractivity contribution in [3.63, 3.8) is 0 Å². The third-order valence-electron chi connectivity index (χ3n) is 1.55. The van der Waals surface area contributed by atoms with Crippen molar-refractivity contribution in [3.8, 4) is 5.75 Å². The highest BCUT2D eigenvalue weighted by atomic mass is 16.5. The Morgan fingerprint density at radius 2 is 1.73 bits per heavy atom. The Hall–Kier alpha value is -1.06. The Morgan fingerprint density at radius 1 is 1.20 bits per heavy atom. The van der Waals surface area contributed by atoms with Gasteiger partial charge in [-0.25, -0.2) is 0 Å². The predicted octanol–water partition coefficient (Wildman–Crippen LogP) is 1.59. The number of para-hydroxylation sites is 1. The lowest BCUT2D eigenvalue weighted by Gasteiger charge is -2.10. The summed E-state index contributed by atoms with van der Waals surface area (Å²) in [6, 6.07) is 9.88. The van der Waals surface area contributed by atoms with Gasteiger partial charge >= 0.3 is 0 Å². The molecule has 0 amide bonds. The summed E-state index contributed by atoms with van der Waals surface area (Å²) in [6.07, 6.45) is 0. The van der Waals surface area contributed by atoms with E-state index >= 15 is 0 Å². The van der Waals surface area contributed by atoms with Crippen LogP contribution in [0.3, 0.4) is 0 Å². The lowest BCUT2D eigenvalue weighted by atomic mass is 10.3. The average molecular weight is 210 g/mol. The van der Waals surface area contributed by atoms with E-state index in [4.69, 9.17) is 10.5 Å². The zero-order valence-corrected chi connectivity index (χ0v) is 9.94. The molecule has 0 aliphatic rings. The SMILES string of the molecule is CCN.CN(C)CCOc1ccccc1. The van der Waals surface area contributed by atoms with Crippen molar-refractivity contribution in [2.24, 2.45) is 5.73 Å². The molecule has 15 heavy (non-hydrogen) atoms. The number of likely N-dealkylation sites (N-methyl/N-ethyl adjacent to an activating group) is 1. The van der Waals surface area contributed by atoms with Crippen molar-refractivity contribution in [1.29, 1.82) is 0 Å². The zero-order valence-electron chi connectivity index (χ0n) is 9.94. The Balaban J connectivity index is 0.000000583. The van der Waals surface area contributed by atoms with Crippen LogP contribution in [-0.2, 0) is 0 Å². The predicted molar refractivity (Wildman–Crippen MR) is 65.2 cm³/mol. The molecule has 0 unspecified atom stereocenters. The van der Waals surface area contributed by atoms with E-state index in [1.807, 2.05) is 51.4 Å². The van der Waals surface area contributed by atoms with Gasteiger partial charge in [0.2, 0.25) is 0 Å². The number of rotatable bonds is 4. The first-order valence-electron chi connectivity index (χ1n) is 5.23. The number of hydrogen-bond donors (Lipinski definition) is 1. The van der Waals surface area contributed by atoms with E-state index in [0.29, 0.717) is 0 Å². The first-order valence-corrected chi connectivity index (χ1v) is 5.23. The lowest BCUT2D eigenvalue weighted by Crippen LogP contribution is -2.19. The van der Waals surface area contributed by atoms with Gasteiger partial charge in [0.05, 0.1) is 0 Å². The molecule has 2 N–H and O–H groups in total. The summed E-state index contributed by atoms with van der Waals surface area (Å²) in [7, 11) is 4.07. The fourth-order valence-electron chi connectivity index (χ4n) is 0.863. The van der Waals surface area contributed by atoms with Crippen LogP contribution in [0, 0.1) is 0 Å². The molecule has 0 atom stereocenters. The Labute approximate surface area is 92.8 Å². The van der Waals surface area contributed by atoms with Crippen molar-refractivity contribution in [3.05, 3.63) is 30.3 Å². The van der Waals surface area contributed by atoms with Crippen molar-refractivity contribution in [2.75, 3.05) is 33.8 Å². The van der Waals surface area contributed by atoms with Crippen LogP contribution in [0.4, 0.5) is 0 Å². The minimum Gasteiger partial charge on any atom is -0.492 e. The van der Waals surface area contributed by atoms with E-state index in [2.05, 4.69) is 4.90 Å². The number of nitrogens with two attached hydrogens (primary N) is 1. The summed E-state index contributed by atoms with van der Waals surface area (Å²) in [5, 5.41) is 0. The highest BCUT2D eigenvalue weighted by molar-refractivity contribution is 5.20. The Bertz CT molecular complexity index is 224. The minimum absolute atomic E-state index is 0.747. The first kappa shape index (κ1) is 13.9. The summed E-state index contributed by atoms with van der Waals surface area (Å²) in [4.78, 5) is 2.10. The summed E-state index contributed by atoms with van der Waals surface area (Å²) in [5.41, 5.74) is 4.85. The summed E-state index contributed by atoms with van der Waals surface area (Å²) >= 11 is 0. The first-order chi connectivity index (χ1) is 7.20. The van der Waals surface area contributed by atoms with Crippen LogP contribution in [-0.4, -0.2) is 38.7 Å². The smallest absolute Gasteiger partial charge is 0.119 e. The minimum atomic E-state index is 0.747. The third-order valence-corrected chi connectivity index (χ3v) is 1.55. The van der Waals surface area contributed by atoms with Crippen LogP contribution >= 0.6 is 0 Å². The van der Waals surface area contributed by atoms with Gasteiger partial charge in [0.25, 0.3) is 0 Å². The van der Waals surface area contributed by atoms with Crippen molar-refractivity contribution >= 4 is 0 Å². The van der Waals surface area contributed by atoms with Gasteiger partial charge < -0.3 is 15.4 Å². The third kappa shape index (κ3) is 9.25. The Kier molecular flexibility index (Phi) is 8.82. The standard InChI is InChI=1S/C10H15NO.C2H7N/c1-11(2)8-9-12-10-6-4-3-5-7-10;1-2-3/h3-7H,8-9H2,1-2H3;2-3H2,1H3.